The first-order valence-corrected chi connectivity index (χ1v) is 12.0. The first kappa shape index (κ1) is 23.1. The van der Waals surface area contributed by atoms with Crippen molar-refractivity contribution in [1.29, 1.82) is 0 Å². The summed E-state index contributed by atoms with van der Waals surface area (Å²) in [5, 5.41) is 1.99. The van der Waals surface area contributed by atoms with Crippen molar-refractivity contribution in [3.63, 3.8) is 0 Å². The summed E-state index contributed by atoms with van der Waals surface area (Å²) in [4.78, 5) is 39.6. The zero-order chi connectivity index (χ0) is 23.4. The van der Waals surface area contributed by atoms with Crippen molar-refractivity contribution in [1.82, 2.24) is 4.90 Å². The lowest BCUT2D eigenvalue weighted by molar-refractivity contribution is -0.123. The molecule has 1 aliphatic heterocycles. The van der Waals surface area contributed by atoms with Crippen LogP contribution in [0.4, 0.5) is 4.79 Å². The zero-order valence-electron chi connectivity index (χ0n) is 17.4. The highest BCUT2D eigenvalue weighted by Gasteiger charge is 2.35. The number of ether oxygens (including phenoxy) is 2. The van der Waals surface area contributed by atoms with Crippen LogP contribution in [0.2, 0.25) is 5.02 Å². The normalized spacial score (nSPS) is 14.7. The number of halogens is 1. The first-order valence-electron chi connectivity index (χ1n) is 9.97. The van der Waals surface area contributed by atoms with Crippen LogP contribution in [0.25, 0.3) is 6.08 Å². The van der Waals surface area contributed by atoms with Gasteiger partial charge in [-0.3, -0.25) is 14.5 Å². The Morgan fingerprint density at radius 3 is 2.67 bits per heavy atom. The minimum absolute atomic E-state index is 0.143. The van der Waals surface area contributed by atoms with Crippen LogP contribution in [0.3, 0.4) is 0 Å². The van der Waals surface area contributed by atoms with E-state index in [4.69, 9.17) is 21.1 Å². The Hall–Kier alpha value is -3.07. The maximum Gasteiger partial charge on any atom is 0.353 e. The van der Waals surface area contributed by atoms with E-state index in [9.17, 15) is 14.4 Å². The second-order valence-electron chi connectivity index (χ2n) is 6.90. The van der Waals surface area contributed by atoms with Gasteiger partial charge in [0.15, 0.2) is 11.5 Å². The van der Waals surface area contributed by atoms with Gasteiger partial charge in [-0.1, -0.05) is 35.9 Å². The molecular weight excluding hydrogens is 482 g/mol. The van der Waals surface area contributed by atoms with Crippen LogP contribution in [0, 0.1) is 0 Å². The molecule has 0 saturated carbocycles. The van der Waals surface area contributed by atoms with Gasteiger partial charge in [-0.2, -0.15) is 0 Å². The molecule has 0 bridgehead atoms. The molecule has 2 aromatic carbocycles. The van der Waals surface area contributed by atoms with Gasteiger partial charge in [-0.05, 0) is 71.6 Å². The number of amides is 2. The molecule has 3 aromatic rings. The lowest BCUT2D eigenvalue weighted by atomic mass is 10.1. The Balaban J connectivity index is 1.54. The SMILES string of the molecule is CCOc1cc(/C=C2\SC(=O)N(Cc3cccc(Cl)c3)C2=O)ccc1OC(=O)c1cccs1. The predicted octanol–water partition coefficient (Wildman–Crippen LogP) is 6.26. The van der Waals surface area contributed by atoms with Crippen LogP contribution in [0.5, 0.6) is 11.5 Å². The van der Waals surface area contributed by atoms with Gasteiger partial charge in [0.25, 0.3) is 11.1 Å². The van der Waals surface area contributed by atoms with Gasteiger partial charge >= 0.3 is 5.97 Å². The summed E-state index contributed by atoms with van der Waals surface area (Å²) in [6, 6.07) is 15.5. The van der Waals surface area contributed by atoms with Crippen LogP contribution in [0.1, 0.15) is 27.7 Å². The molecule has 6 nitrogen and oxygen atoms in total. The van der Waals surface area contributed by atoms with Crippen molar-refractivity contribution < 1.29 is 23.9 Å². The van der Waals surface area contributed by atoms with E-state index in [1.54, 1.807) is 60.0 Å². The highest BCUT2D eigenvalue weighted by Crippen LogP contribution is 2.36. The fourth-order valence-corrected chi connectivity index (χ4v) is 4.77. The number of rotatable bonds is 7. The molecule has 0 radical (unpaired) electrons. The third kappa shape index (κ3) is 5.47. The minimum Gasteiger partial charge on any atom is -0.490 e. The minimum atomic E-state index is -0.471. The third-order valence-corrected chi connectivity index (χ3v) is 6.59. The Morgan fingerprint density at radius 2 is 1.94 bits per heavy atom. The highest BCUT2D eigenvalue weighted by molar-refractivity contribution is 8.18. The lowest BCUT2D eigenvalue weighted by Crippen LogP contribution is -2.27. The van der Waals surface area contributed by atoms with Crippen molar-refractivity contribution in [2.24, 2.45) is 0 Å². The lowest BCUT2D eigenvalue weighted by Gasteiger charge is -2.12. The van der Waals surface area contributed by atoms with Crippen molar-refractivity contribution in [2.75, 3.05) is 6.61 Å². The quantitative estimate of drug-likeness (QED) is 0.217. The van der Waals surface area contributed by atoms with Crippen molar-refractivity contribution in [3.05, 3.63) is 85.9 Å². The van der Waals surface area contributed by atoms with Crippen LogP contribution in [-0.2, 0) is 11.3 Å². The highest BCUT2D eigenvalue weighted by atomic mass is 35.5. The Kier molecular flexibility index (Phi) is 7.17. The Labute approximate surface area is 203 Å². The number of hydrogen-bond acceptors (Lipinski definition) is 7. The van der Waals surface area contributed by atoms with Gasteiger partial charge in [0.05, 0.1) is 18.1 Å². The van der Waals surface area contributed by atoms with Crippen molar-refractivity contribution in [2.45, 2.75) is 13.5 Å². The second-order valence-corrected chi connectivity index (χ2v) is 9.28. The molecule has 33 heavy (non-hydrogen) atoms. The monoisotopic (exact) mass is 499 g/mol. The van der Waals surface area contributed by atoms with E-state index in [2.05, 4.69) is 0 Å². The van der Waals surface area contributed by atoms with Gasteiger partial charge in [0, 0.05) is 5.02 Å². The molecule has 4 rings (SSSR count). The average Bonchev–Trinajstić information content (AvgIpc) is 3.41. The second kappa shape index (κ2) is 10.2. The van der Waals surface area contributed by atoms with Gasteiger partial charge in [0.1, 0.15) is 4.88 Å². The van der Waals surface area contributed by atoms with Gasteiger partial charge in [0.2, 0.25) is 0 Å². The number of carbonyl (C=O) groups is 3. The summed E-state index contributed by atoms with van der Waals surface area (Å²) in [5.41, 5.74) is 1.41. The van der Waals surface area contributed by atoms with E-state index >= 15 is 0 Å². The van der Waals surface area contributed by atoms with Crippen LogP contribution in [0.15, 0.2) is 64.9 Å². The zero-order valence-corrected chi connectivity index (χ0v) is 19.8. The standard InChI is InChI=1S/C24H18ClNO5S2/c1-2-30-19-12-15(8-9-18(19)31-23(28)20-7-4-10-32-20)13-21-22(27)26(24(29)33-21)14-16-5-3-6-17(25)11-16/h3-13H,2,14H2,1H3/b21-13-. The van der Waals surface area contributed by atoms with Gasteiger partial charge in [-0.15, -0.1) is 11.3 Å². The topological polar surface area (TPSA) is 72.9 Å². The summed E-state index contributed by atoms with van der Waals surface area (Å²) in [6.45, 7) is 2.33. The van der Waals surface area contributed by atoms with Crippen LogP contribution < -0.4 is 9.47 Å². The Bertz CT molecular complexity index is 1240. The van der Waals surface area contributed by atoms with E-state index in [-0.39, 0.29) is 23.4 Å². The summed E-state index contributed by atoms with van der Waals surface area (Å²) >= 11 is 8.17. The molecule has 1 aliphatic rings. The fourth-order valence-electron chi connectivity index (χ4n) is 3.12. The predicted molar refractivity (Wildman–Crippen MR) is 130 cm³/mol. The number of benzene rings is 2. The number of imide groups is 1. The molecule has 2 amide bonds. The molecule has 168 valence electrons. The third-order valence-electron chi connectivity index (χ3n) is 4.59. The van der Waals surface area contributed by atoms with E-state index in [1.165, 1.54) is 16.2 Å². The molecule has 0 aliphatic carbocycles. The smallest absolute Gasteiger partial charge is 0.353 e. The maximum absolute atomic E-state index is 12.8. The van der Waals surface area contributed by atoms with Gasteiger partial charge in [-0.25, -0.2) is 4.79 Å². The van der Waals surface area contributed by atoms with Crippen molar-refractivity contribution >= 4 is 57.9 Å². The average molecular weight is 500 g/mol. The van der Waals surface area contributed by atoms with E-state index in [1.807, 2.05) is 13.0 Å². The number of nitrogens with zero attached hydrogens (tertiary/aromatic N) is 1. The van der Waals surface area contributed by atoms with Gasteiger partial charge < -0.3 is 9.47 Å². The molecule has 0 unspecified atom stereocenters. The van der Waals surface area contributed by atoms with Crippen LogP contribution in [-0.4, -0.2) is 28.6 Å². The number of esters is 1. The largest absolute Gasteiger partial charge is 0.490 e. The molecule has 0 atom stereocenters. The maximum atomic E-state index is 12.8. The molecule has 1 saturated heterocycles. The molecule has 1 aromatic heterocycles. The molecule has 0 N–H and O–H groups in total. The molecular formula is C24H18ClNO5S2. The van der Waals surface area contributed by atoms with Crippen molar-refractivity contribution in [3.8, 4) is 11.5 Å². The molecule has 2 heterocycles. The van der Waals surface area contributed by atoms with E-state index in [0.717, 1.165) is 17.3 Å². The summed E-state index contributed by atoms with van der Waals surface area (Å²) in [5.74, 6) is -0.201. The fraction of sp³-hybridized carbons (Fsp3) is 0.125. The summed E-state index contributed by atoms with van der Waals surface area (Å²) < 4.78 is 11.1. The molecule has 1 fully saturated rings. The number of thiophene rings is 1. The number of carbonyl (C=O) groups excluding carboxylic acids is 3. The first-order chi connectivity index (χ1) is 15.9. The number of hydrogen-bond donors (Lipinski definition) is 0. The summed E-state index contributed by atoms with van der Waals surface area (Å²) in [7, 11) is 0. The molecule has 9 heteroatoms. The van der Waals surface area contributed by atoms with Crippen LogP contribution >= 0.6 is 34.7 Å². The summed E-state index contributed by atoms with van der Waals surface area (Å²) in [6.07, 6.45) is 1.62. The van der Waals surface area contributed by atoms with E-state index in [0.29, 0.717) is 32.7 Å². The Morgan fingerprint density at radius 1 is 1.09 bits per heavy atom. The van der Waals surface area contributed by atoms with E-state index < -0.39 is 5.97 Å². The molecule has 0 spiro atoms. The number of thioether (sulfide) groups is 1.